The highest BCUT2D eigenvalue weighted by Crippen LogP contribution is 2.34. The first-order chi connectivity index (χ1) is 14.1. The second-order valence-corrected chi connectivity index (χ2v) is 7.33. The molecule has 148 valence electrons. The zero-order valence-electron chi connectivity index (χ0n) is 15.4. The van der Waals surface area contributed by atoms with Gasteiger partial charge in [-0.25, -0.2) is 4.98 Å². The minimum atomic E-state index is -0.530. The second-order valence-electron chi connectivity index (χ2n) is 6.27. The fourth-order valence-electron chi connectivity index (χ4n) is 2.80. The van der Waals surface area contributed by atoms with Crippen LogP contribution in [0.3, 0.4) is 0 Å². The number of amides is 1. The van der Waals surface area contributed by atoms with E-state index in [9.17, 15) is 20.2 Å². The van der Waals surface area contributed by atoms with Crippen molar-refractivity contribution < 1.29 is 14.5 Å². The largest absolute Gasteiger partial charge is 0.376 e. The van der Waals surface area contributed by atoms with Gasteiger partial charge in [0.05, 0.1) is 15.9 Å². The van der Waals surface area contributed by atoms with E-state index in [0.717, 1.165) is 12.8 Å². The number of aromatic nitrogens is 1. The Bertz CT molecular complexity index is 966. The molecule has 1 aromatic carbocycles. The van der Waals surface area contributed by atoms with Crippen LogP contribution in [0.5, 0.6) is 0 Å². The molecule has 1 aliphatic rings. The van der Waals surface area contributed by atoms with Gasteiger partial charge in [0.2, 0.25) is 0 Å². The van der Waals surface area contributed by atoms with Crippen molar-refractivity contribution in [2.45, 2.75) is 28.9 Å². The van der Waals surface area contributed by atoms with Crippen LogP contribution in [0, 0.1) is 21.4 Å². The Labute approximate surface area is 171 Å². The Morgan fingerprint density at radius 1 is 1.45 bits per heavy atom. The third kappa shape index (κ3) is 5.63. The normalized spacial score (nSPS) is 16.2. The first-order valence-corrected chi connectivity index (χ1v) is 9.77. The maximum atomic E-state index is 12.3. The molecule has 3 rings (SSSR count). The topological polar surface area (TPSA) is 118 Å². The lowest BCUT2D eigenvalue weighted by Crippen LogP contribution is -2.32. The lowest BCUT2D eigenvalue weighted by Gasteiger charge is -2.10. The number of rotatable bonds is 7. The van der Waals surface area contributed by atoms with Crippen LogP contribution in [0.15, 0.2) is 58.1 Å². The Morgan fingerprint density at radius 2 is 2.31 bits per heavy atom. The Hall–Kier alpha value is -3.22. The highest BCUT2D eigenvalue weighted by molar-refractivity contribution is 7.99. The Morgan fingerprint density at radius 3 is 2.97 bits per heavy atom. The highest BCUT2D eigenvalue weighted by Gasteiger charge is 2.19. The molecule has 1 atom stereocenters. The number of nitro benzene ring substituents is 1. The van der Waals surface area contributed by atoms with Gasteiger partial charge >= 0.3 is 0 Å². The standard InChI is InChI=1S/C20H18N4O4S/c21-12-15(20(25)23-13-16-4-3-9-28-16)10-14-6-7-18(17(11-14)24(26)27)29-19-5-1-2-8-22-19/h1-2,5-8,10-11,16H,3-4,9,13H2,(H,23,25)/b15-10+/t16-/m1/s1. The molecule has 0 unspecified atom stereocenters. The third-order valence-corrected chi connectivity index (χ3v) is 5.24. The number of benzene rings is 1. The number of ether oxygens (including phenoxy) is 1. The van der Waals surface area contributed by atoms with Crippen molar-refractivity contribution in [2.24, 2.45) is 0 Å². The van der Waals surface area contributed by atoms with E-state index in [-0.39, 0.29) is 17.4 Å². The van der Waals surface area contributed by atoms with Crippen molar-refractivity contribution in [1.29, 1.82) is 5.26 Å². The smallest absolute Gasteiger partial charge is 0.283 e. The van der Waals surface area contributed by atoms with Crippen molar-refractivity contribution in [3.8, 4) is 6.07 Å². The Balaban J connectivity index is 1.77. The summed E-state index contributed by atoms with van der Waals surface area (Å²) in [4.78, 5) is 27.8. The van der Waals surface area contributed by atoms with Gasteiger partial charge in [0.15, 0.2) is 0 Å². The van der Waals surface area contributed by atoms with E-state index >= 15 is 0 Å². The van der Waals surface area contributed by atoms with Crippen LogP contribution in [0.4, 0.5) is 5.69 Å². The monoisotopic (exact) mass is 410 g/mol. The van der Waals surface area contributed by atoms with E-state index in [2.05, 4.69) is 10.3 Å². The lowest BCUT2D eigenvalue weighted by molar-refractivity contribution is -0.387. The van der Waals surface area contributed by atoms with Crippen LogP contribution >= 0.6 is 11.8 Å². The molecule has 1 aliphatic heterocycles. The number of nitrogens with zero attached hydrogens (tertiary/aromatic N) is 3. The molecule has 1 saturated heterocycles. The average molecular weight is 410 g/mol. The number of hydrogen-bond donors (Lipinski definition) is 1. The first kappa shape index (κ1) is 20.5. The molecule has 0 bridgehead atoms. The fourth-order valence-corrected chi connectivity index (χ4v) is 3.66. The number of pyridine rings is 1. The van der Waals surface area contributed by atoms with Gasteiger partial charge in [0, 0.05) is 25.4 Å². The van der Waals surface area contributed by atoms with Crippen LogP contribution in [0.1, 0.15) is 18.4 Å². The maximum absolute atomic E-state index is 12.3. The molecule has 2 heterocycles. The summed E-state index contributed by atoms with van der Waals surface area (Å²) < 4.78 is 5.44. The van der Waals surface area contributed by atoms with Gasteiger partial charge in [0.25, 0.3) is 11.6 Å². The fraction of sp³-hybridized carbons (Fsp3) is 0.250. The number of carbonyl (C=O) groups is 1. The van der Waals surface area contributed by atoms with Crippen LogP contribution < -0.4 is 5.32 Å². The summed E-state index contributed by atoms with van der Waals surface area (Å²) in [5.74, 6) is -0.530. The predicted octanol–water partition coefficient (Wildman–Crippen LogP) is 3.34. The summed E-state index contributed by atoms with van der Waals surface area (Å²) >= 11 is 1.17. The molecule has 0 saturated carbocycles. The van der Waals surface area contributed by atoms with Crippen molar-refractivity contribution in [1.82, 2.24) is 10.3 Å². The summed E-state index contributed by atoms with van der Waals surface area (Å²) in [7, 11) is 0. The number of nitriles is 1. The quantitative estimate of drug-likeness (QED) is 0.322. The highest BCUT2D eigenvalue weighted by atomic mass is 32.2. The second kappa shape index (κ2) is 9.82. The van der Waals surface area contributed by atoms with Crippen molar-refractivity contribution in [3.05, 3.63) is 63.8 Å². The SMILES string of the molecule is N#C/C(=C\c1ccc(Sc2ccccn2)c([N+](=O)[O-])c1)C(=O)NC[C@H]1CCCO1. The zero-order chi connectivity index (χ0) is 20.6. The molecule has 2 aromatic rings. The van der Waals surface area contributed by atoms with E-state index in [1.165, 1.54) is 23.9 Å². The minimum Gasteiger partial charge on any atom is -0.376 e. The molecule has 0 aliphatic carbocycles. The van der Waals surface area contributed by atoms with Gasteiger partial charge in [-0.3, -0.25) is 14.9 Å². The van der Waals surface area contributed by atoms with Gasteiger partial charge in [0.1, 0.15) is 16.7 Å². The number of nitrogens with one attached hydrogen (secondary N) is 1. The molecule has 29 heavy (non-hydrogen) atoms. The van der Waals surface area contributed by atoms with Crippen molar-refractivity contribution in [2.75, 3.05) is 13.2 Å². The maximum Gasteiger partial charge on any atom is 0.283 e. The molecule has 0 radical (unpaired) electrons. The molecule has 1 fully saturated rings. The molecular formula is C20H18N4O4S. The summed E-state index contributed by atoms with van der Waals surface area (Å²) in [6.07, 6.45) is 4.73. The van der Waals surface area contributed by atoms with E-state index < -0.39 is 10.8 Å². The van der Waals surface area contributed by atoms with Crippen LogP contribution in [-0.2, 0) is 9.53 Å². The average Bonchev–Trinajstić information content (AvgIpc) is 3.25. The number of hydrogen-bond acceptors (Lipinski definition) is 7. The molecule has 9 heteroatoms. The minimum absolute atomic E-state index is 0.0390. The molecule has 0 spiro atoms. The molecular weight excluding hydrogens is 392 g/mol. The van der Waals surface area contributed by atoms with E-state index in [4.69, 9.17) is 4.74 Å². The van der Waals surface area contributed by atoms with Crippen LogP contribution in [0.25, 0.3) is 6.08 Å². The molecule has 1 amide bonds. The van der Waals surface area contributed by atoms with Crippen molar-refractivity contribution in [3.63, 3.8) is 0 Å². The number of nitro groups is 1. The van der Waals surface area contributed by atoms with Gasteiger partial charge in [-0.15, -0.1) is 0 Å². The van der Waals surface area contributed by atoms with E-state index in [0.29, 0.717) is 28.6 Å². The van der Waals surface area contributed by atoms with Gasteiger partial charge in [-0.1, -0.05) is 23.9 Å². The Kier molecular flexibility index (Phi) is 6.94. The molecule has 1 N–H and O–H groups in total. The molecule has 1 aromatic heterocycles. The zero-order valence-corrected chi connectivity index (χ0v) is 16.2. The van der Waals surface area contributed by atoms with Crippen LogP contribution in [-0.4, -0.2) is 35.1 Å². The van der Waals surface area contributed by atoms with Crippen LogP contribution in [0.2, 0.25) is 0 Å². The summed E-state index contributed by atoms with van der Waals surface area (Å²) in [6.45, 7) is 1.01. The molecule has 8 nitrogen and oxygen atoms in total. The van der Waals surface area contributed by atoms with Gasteiger partial charge in [-0.05, 0) is 42.7 Å². The van der Waals surface area contributed by atoms with E-state index in [1.54, 1.807) is 36.5 Å². The lowest BCUT2D eigenvalue weighted by atomic mass is 10.1. The summed E-state index contributed by atoms with van der Waals surface area (Å²) in [6, 6.07) is 11.7. The number of carbonyl (C=O) groups excluding carboxylic acids is 1. The summed E-state index contributed by atoms with van der Waals surface area (Å²) in [5, 5.41) is 24.1. The van der Waals surface area contributed by atoms with Crippen molar-refractivity contribution >= 4 is 29.4 Å². The van der Waals surface area contributed by atoms with Gasteiger partial charge in [-0.2, -0.15) is 5.26 Å². The first-order valence-electron chi connectivity index (χ1n) is 8.96. The van der Waals surface area contributed by atoms with E-state index in [1.807, 2.05) is 6.07 Å². The van der Waals surface area contributed by atoms with Gasteiger partial charge < -0.3 is 10.1 Å². The predicted molar refractivity (Wildman–Crippen MR) is 107 cm³/mol. The summed E-state index contributed by atoms with van der Waals surface area (Å²) in [5.41, 5.74) is 0.153. The third-order valence-electron chi connectivity index (χ3n) is 4.22.